The number of hydrogen-bond donors (Lipinski definition) is 2. The van der Waals surface area contributed by atoms with Crippen LogP contribution in [0.1, 0.15) is 17.8 Å². The zero-order valence-electron chi connectivity index (χ0n) is 15.3. The number of H-pyrrole nitrogens is 1. The minimum absolute atomic E-state index is 0.158. The van der Waals surface area contributed by atoms with E-state index in [1.165, 1.54) is 22.9 Å². The molecule has 0 saturated heterocycles. The van der Waals surface area contributed by atoms with Gasteiger partial charge in [-0.3, -0.25) is 14.6 Å². The maximum Gasteiger partial charge on any atom is 0.252 e. The van der Waals surface area contributed by atoms with E-state index < -0.39 is 15.7 Å². The summed E-state index contributed by atoms with van der Waals surface area (Å²) in [5.74, 6) is -0.371. The SMILES string of the molecule is Cc1cc(=O)[nH]c(-n2nc(C)cc2NC(=O)CCS(=O)(=O)c2ccccc2)n1. The van der Waals surface area contributed by atoms with Crippen molar-refractivity contribution < 1.29 is 13.2 Å². The van der Waals surface area contributed by atoms with E-state index in [1.54, 1.807) is 38.1 Å². The van der Waals surface area contributed by atoms with Crippen LogP contribution >= 0.6 is 0 Å². The first-order chi connectivity index (χ1) is 13.2. The third-order valence-corrected chi connectivity index (χ3v) is 5.59. The topological polar surface area (TPSA) is 127 Å². The van der Waals surface area contributed by atoms with Gasteiger partial charge in [-0.1, -0.05) is 18.2 Å². The maximum atomic E-state index is 12.3. The van der Waals surface area contributed by atoms with Gasteiger partial charge in [-0.2, -0.15) is 9.78 Å². The Bertz CT molecular complexity index is 1170. The van der Waals surface area contributed by atoms with Crippen LogP contribution in [0.15, 0.2) is 52.2 Å². The van der Waals surface area contributed by atoms with E-state index >= 15 is 0 Å². The van der Waals surface area contributed by atoms with Crippen LogP contribution in [0.4, 0.5) is 5.82 Å². The van der Waals surface area contributed by atoms with Crippen molar-refractivity contribution in [2.45, 2.75) is 25.2 Å². The molecule has 146 valence electrons. The van der Waals surface area contributed by atoms with Crippen LogP contribution in [0.3, 0.4) is 0 Å². The number of benzene rings is 1. The van der Waals surface area contributed by atoms with Gasteiger partial charge in [0, 0.05) is 24.2 Å². The van der Waals surface area contributed by atoms with Crippen LogP contribution in [-0.4, -0.2) is 39.8 Å². The average molecular weight is 401 g/mol. The summed E-state index contributed by atoms with van der Waals surface area (Å²) in [7, 11) is -3.56. The van der Waals surface area contributed by atoms with Crippen LogP contribution in [0, 0.1) is 13.8 Å². The van der Waals surface area contributed by atoms with Crippen molar-refractivity contribution in [3.8, 4) is 5.95 Å². The number of sulfone groups is 1. The largest absolute Gasteiger partial charge is 0.310 e. The zero-order valence-corrected chi connectivity index (χ0v) is 16.2. The summed E-state index contributed by atoms with van der Waals surface area (Å²) in [6, 6.07) is 10.9. The van der Waals surface area contributed by atoms with E-state index in [9.17, 15) is 18.0 Å². The van der Waals surface area contributed by atoms with Crippen LogP contribution < -0.4 is 10.9 Å². The molecule has 0 atom stereocenters. The normalized spacial score (nSPS) is 11.4. The summed E-state index contributed by atoms with van der Waals surface area (Å²) in [6.45, 7) is 3.39. The van der Waals surface area contributed by atoms with Crippen molar-refractivity contribution in [2.75, 3.05) is 11.1 Å². The fourth-order valence-corrected chi connectivity index (χ4v) is 3.85. The summed E-state index contributed by atoms with van der Waals surface area (Å²) in [4.78, 5) is 30.9. The number of aromatic amines is 1. The number of anilines is 1. The molecular formula is C18H19N5O4S. The third-order valence-electron chi connectivity index (χ3n) is 3.86. The van der Waals surface area contributed by atoms with Gasteiger partial charge in [0.25, 0.3) is 5.56 Å². The van der Waals surface area contributed by atoms with Gasteiger partial charge in [-0.25, -0.2) is 13.4 Å². The first kappa shape index (κ1) is 19.5. The van der Waals surface area contributed by atoms with E-state index in [4.69, 9.17) is 0 Å². The van der Waals surface area contributed by atoms with E-state index in [1.807, 2.05) is 0 Å². The van der Waals surface area contributed by atoms with Crippen LogP contribution in [0.5, 0.6) is 0 Å². The zero-order chi connectivity index (χ0) is 20.3. The molecule has 0 bridgehead atoms. The second-order valence-corrected chi connectivity index (χ2v) is 8.33. The standard InChI is InChI=1S/C18H19N5O4S/c1-12-11-17(25)21-18(19-12)23-15(10-13(2)22-23)20-16(24)8-9-28(26,27)14-6-4-3-5-7-14/h3-7,10-11H,8-9H2,1-2H3,(H,20,24)(H,19,21,25). The lowest BCUT2D eigenvalue weighted by Gasteiger charge is -2.09. The molecule has 2 N–H and O–H groups in total. The molecular weight excluding hydrogens is 382 g/mol. The Hall–Kier alpha value is -3.27. The fraction of sp³-hybridized carbons (Fsp3) is 0.222. The molecule has 0 saturated carbocycles. The average Bonchev–Trinajstić information content (AvgIpc) is 3.00. The highest BCUT2D eigenvalue weighted by Crippen LogP contribution is 2.15. The number of amides is 1. The van der Waals surface area contributed by atoms with Gasteiger partial charge in [0.15, 0.2) is 9.84 Å². The maximum absolute atomic E-state index is 12.3. The highest BCUT2D eigenvalue weighted by molar-refractivity contribution is 7.91. The van der Waals surface area contributed by atoms with Gasteiger partial charge in [-0.05, 0) is 26.0 Å². The molecule has 0 aliphatic rings. The van der Waals surface area contributed by atoms with E-state index in [-0.39, 0.29) is 34.4 Å². The molecule has 2 heterocycles. The van der Waals surface area contributed by atoms with Crippen molar-refractivity contribution in [2.24, 2.45) is 0 Å². The van der Waals surface area contributed by atoms with Crippen molar-refractivity contribution in [1.82, 2.24) is 19.7 Å². The fourth-order valence-electron chi connectivity index (χ4n) is 2.59. The molecule has 3 aromatic rings. The molecule has 0 fully saturated rings. The van der Waals surface area contributed by atoms with Crippen molar-refractivity contribution >= 4 is 21.6 Å². The van der Waals surface area contributed by atoms with Gasteiger partial charge in [0.2, 0.25) is 11.9 Å². The van der Waals surface area contributed by atoms with E-state index in [2.05, 4.69) is 20.4 Å². The Labute approximate surface area is 161 Å². The molecule has 9 nitrogen and oxygen atoms in total. The first-order valence-corrected chi connectivity index (χ1v) is 10.1. The Morgan fingerprint density at radius 3 is 2.54 bits per heavy atom. The minimum atomic E-state index is -3.56. The number of hydrogen-bond acceptors (Lipinski definition) is 6. The van der Waals surface area contributed by atoms with Gasteiger partial charge in [-0.15, -0.1) is 0 Å². The molecule has 28 heavy (non-hydrogen) atoms. The molecule has 0 unspecified atom stereocenters. The summed E-state index contributed by atoms with van der Waals surface area (Å²) in [5.41, 5.74) is 0.747. The number of aromatic nitrogens is 4. The van der Waals surface area contributed by atoms with E-state index in [0.29, 0.717) is 11.4 Å². The molecule has 1 amide bonds. The van der Waals surface area contributed by atoms with Crippen molar-refractivity contribution in [3.05, 3.63) is 64.2 Å². The monoisotopic (exact) mass is 401 g/mol. The summed E-state index contributed by atoms with van der Waals surface area (Å²) < 4.78 is 25.9. The molecule has 0 radical (unpaired) electrons. The summed E-state index contributed by atoms with van der Waals surface area (Å²) in [6.07, 6.45) is -0.223. The molecule has 1 aromatic carbocycles. The Kier molecular flexibility index (Phi) is 5.41. The lowest BCUT2D eigenvalue weighted by Crippen LogP contribution is -2.21. The molecule has 0 aliphatic heterocycles. The van der Waals surface area contributed by atoms with Gasteiger partial charge in [0.1, 0.15) is 5.82 Å². The Morgan fingerprint density at radius 2 is 1.86 bits per heavy atom. The quantitative estimate of drug-likeness (QED) is 0.642. The predicted octanol–water partition coefficient (Wildman–Crippen LogP) is 1.37. The molecule has 0 aliphatic carbocycles. The lowest BCUT2D eigenvalue weighted by molar-refractivity contribution is -0.115. The predicted molar refractivity (Wildman–Crippen MR) is 103 cm³/mol. The van der Waals surface area contributed by atoms with Gasteiger partial charge >= 0.3 is 0 Å². The molecule has 2 aromatic heterocycles. The molecule has 3 rings (SSSR count). The number of aryl methyl sites for hydroxylation is 2. The van der Waals surface area contributed by atoms with Crippen LogP contribution in [0.2, 0.25) is 0 Å². The number of carbonyl (C=O) groups is 1. The minimum Gasteiger partial charge on any atom is -0.310 e. The number of nitrogens with one attached hydrogen (secondary N) is 2. The van der Waals surface area contributed by atoms with Gasteiger partial charge < -0.3 is 5.32 Å². The molecule has 10 heteroatoms. The summed E-state index contributed by atoms with van der Waals surface area (Å²) >= 11 is 0. The lowest BCUT2D eigenvalue weighted by atomic mass is 10.4. The summed E-state index contributed by atoms with van der Waals surface area (Å²) in [5, 5.41) is 6.85. The number of rotatable bonds is 6. The van der Waals surface area contributed by atoms with E-state index in [0.717, 1.165) is 0 Å². The third kappa shape index (κ3) is 4.52. The Morgan fingerprint density at radius 1 is 1.14 bits per heavy atom. The smallest absolute Gasteiger partial charge is 0.252 e. The van der Waals surface area contributed by atoms with Crippen LogP contribution in [-0.2, 0) is 14.6 Å². The highest BCUT2D eigenvalue weighted by Gasteiger charge is 2.18. The van der Waals surface area contributed by atoms with Gasteiger partial charge in [0.05, 0.1) is 16.3 Å². The molecule has 0 spiro atoms. The Balaban J connectivity index is 1.76. The number of carbonyl (C=O) groups excluding carboxylic acids is 1. The second kappa shape index (κ2) is 7.77. The number of nitrogens with zero attached hydrogens (tertiary/aromatic N) is 3. The van der Waals surface area contributed by atoms with Crippen LogP contribution in [0.25, 0.3) is 5.95 Å². The van der Waals surface area contributed by atoms with Crippen molar-refractivity contribution in [3.63, 3.8) is 0 Å². The second-order valence-electron chi connectivity index (χ2n) is 6.22. The van der Waals surface area contributed by atoms with Crippen molar-refractivity contribution in [1.29, 1.82) is 0 Å². The first-order valence-electron chi connectivity index (χ1n) is 8.47. The highest BCUT2D eigenvalue weighted by atomic mass is 32.2.